The lowest BCUT2D eigenvalue weighted by molar-refractivity contribution is 0.0504. The highest BCUT2D eigenvalue weighted by Crippen LogP contribution is 2.33. The predicted molar refractivity (Wildman–Crippen MR) is 156 cm³/mol. The van der Waals surface area contributed by atoms with Crippen LogP contribution >= 0.6 is 0 Å². The molecule has 2 aliphatic rings. The third-order valence-corrected chi connectivity index (χ3v) is 8.17. The van der Waals surface area contributed by atoms with Crippen molar-refractivity contribution in [1.29, 1.82) is 0 Å². The van der Waals surface area contributed by atoms with Crippen LogP contribution in [-0.4, -0.2) is 135 Å². The van der Waals surface area contributed by atoms with Crippen molar-refractivity contribution in [1.82, 2.24) is 19.6 Å². The van der Waals surface area contributed by atoms with E-state index in [4.69, 9.17) is 9.47 Å². The summed E-state index contributed by atoms with van der Waals surface area (Å²) in [6, 6.07) is 16.3. The van der Waals surface area contributed by atoms with E-state index in [1.54, 1.807) is 0 Å². The standard InChI is InChI=1S/C31H48N4O4/c1-31(2,25-5-9-29(10-6-25)38-23-27(36)21-34-17-13-32(3)14-18-34)26-7-11-30(12-8-26)39-24-28(37)22-35-19-15-33(4)16-20-35/h5-12,27-28,36-37H,13-24H2,1-4H3. The van der Waals surface area contributed by atoms with Crippen molar-refractivity contribution in [3.8, 4) is 11.5 Å². The lowest BCUT2D eigenvalue weighted by Crippen LogP contribution is -2.47. The van der Waals surface area contributed by atoms with Gasteiger partial charge in [-0.3, -0.25) is 9.80 Å². The summed E-state index contributed by atoms with van der Waals surface area (Å²) in [5.41, 5.74) is 2.17. The van der Waals surface area contributed by atoms with Gasteiger partial charge in [-0.2, -0.15) is 0 Å². The van der Waals surface area contributed by atoms with Crippen LogP contribution in [0.15, 0.2) is 48.5 Å². The molecule has 0 aliphatic carbocycles. The summed E-state index contributed by atoms with van der Waals surface area (Å²) in [6.07, 6.45) is -1.00. The normalized spacial score (nSPS) is 20.1. The smallest absolute Gasteiger partial charge is 0.119 e. The number of benzene rings is 2. The summed E-state index contributed by atoms with van der Waals surface area (Å²) < 4.78 is 11.8. The van der Waals surface area contributed by atoms with Gasteiger partial charge < -0.3 is 29.5 Å². The number of nitrogens with zero attached hydrogens (tertiary/aromatic N) is 4. The van der Waals surface area contributed by atoms with E-state index in [-0.39, 0.29) is 5.41 Å². The Morgan fingerprint density at radius 3 is 1.28 bits per heavy atom. The van der Waals surface area contributed by atoms with Gasteiger partial charge in [-0.15, -0.1) is 0 Å². The van der Waals surface area contributed by atoms with Crippen LogP contribution in [0.3, 0.4) is 0 Å². The zero-order valence-electron chi connectivity index (χ0n) is 24.3. The average Bonchev–Trinajstić information content (AvgIpc) is 2.94. The van der Waals surface area contributed by atoms with Gasteiger partial charge in [0.2, 0.25) is 0 Å². The molecule has 2 aliphatic heterocycles. The molecule has 2 fully saturated rings. The number of aliphatic hydroxyl groups excluding tert-OH is 2. The molecule has 0 saturated carbocycles. The monoisotopic (exact) mass is 540 g/mol. The number of ether oxygens (including phenoxy) is 2. The van der Waals surface area contributed by atoms with Crippen LogP contribution in [0.4, 0.5) is 0 Å². The summed E-state index contributed by atoms with van der Waals surface area (Å²) in [5.74, 6) is 1.54. The van der Waals surface area contributed by atoms with Gasteiger partial charge in [0.25, 0.3) is 0 Å². The molecule has 39 heavy (non-hydrogen) atoms. The van der Waals surface area contributed by atoms with E-state index >= 15 is 0 Å². The summed E-state index contributed by atoms with van der Waals surface area (Å²) in [4.78, 5) is 9.22. The van der Waals surface area contributed by atoms with Gasteiger partial charge in [0.15, 0.2) is 0 Å². The second kappa shape index (κ2) is 13.9. The second-order valence-electron chi connectivity index (χ2n) is 11.8. The van der Waals surface area contributed by atoms with E-state index in [9.17, 15) is 10.2 Å². The lowest BCUT2D eigenvalue weighted by atomic mass is 9.78. The highest BCUT2D eigenvalue weighted by Gasteiger charge is 2.24. The fourth-order valence-electron chi connectivity index (χ4n) is 5.25. The van der Waals surface area contributed by atoms with Gasteiger partial charge in [0.05, 0.1) is 0 Å². The van der Waals surface area contributed by atoms with Crippen molar-refractivity contribution in [2.45, 2.75) is 31.5 Å². The summed E-state index contributed by atoms with van der Waals surface area (Å²) in [7, 11) is 4.27. The number of aliphatic hydroxyl groups is 2. The van der Waals surface area contributed by atoms with Crippen molar-refractivity contribution >= 4 is 0 Å². The number of β-amino-alcohol motifs (C(OH)–C–C–N with tert-alkyl or cyclic N) is 2. The molecule has 4 rings (SSSR count). The summed E-state index contributed by atoms with van der Waals surface area (Å²) in [6.45, 7) is 14.4. The first kappa shape index (κ1) is 29.8. The maximum Gasteiger partial charge on any atom is 0.119 e. The van der Waals surface area contributed by atoms with E-state index in [2.05, 4.69) is 71.8 Å². The first-order valence-corrected chi connectivity index (χ1v) is 14.3. The Morgan fingerprint density at radius 1 is 0.615 bits per heavy atom. The molecule has 2 aromatic carbocycles. The number of rotatable bonds is 12. The van der Waals surface area contributed by atoms with E-state index in [0.717, 1.165) is 63.9 Å². The van der Waals surface area contributed by atoms with Crippen molar-refractivity contribution in [3.05, 3.63) is 59.7 Å². The Labute approximate surface area is 234 Å². The largest absolute Gasteiger partial charge is 0.491 e. The molecule has 0 amide bonds. The highest BCUT2D eigenvalue weighted by molar-refractivity contribution is 5.41. The maximum absolute atomic E-state index is 10.4. The number of piperazine rings is 2. The zero-order chi connectivity index (χ0) is 27.8. The van der Waals surface area contributed by atoms with Crippen LogP contribution in [0.25, 0.3) is 0 Å². The van der Waals surface area contributed by atoms with Crippen LogP contribution in [0.2, 0.25) is 0 Å². The van der Waals surface area contributed by atoms with E-state index in [1.807, 2.05) is 24.3 Å². The SMILES string of the molecule is CN1CCN(CC(O)COc2ccc(C(C)(C)c3ccc(OCC(O)CN4CCN(C)CC4)cc3)cc2)CC1. The minimum atomic E-state index is -0.502. The molecule has 2 unspecified atom stereocenters. The molecule has 8 nitrogen and oxygen atoms in total. The van der Waals surface area contributed by atoms with Crippen LogP contribution < -0.4 is 9.47 Å². The minimum Gasteiger partial charge on any atom is -0.491 e. The zero-order valence-corrected chi connectivity index (χ0v) is 24.3. The van der Waals surface area contributed by atoms with Gasteiger partial charge in [-0.1, -0.05) is 38.1 Å². The molecule has 2 saturated heterocycles. The van der Waals surface area contributed by atoms with Crippen molar-refractivity contribution in [2.75, 3.05) is 92.8 Å². The third kappa shape index (κ3) is 8.90. The predicted octanol–water partition coefficient (Wildman–Crippen LogP) is 1.99. The van der Waals surface area contributed by atoms with Crippen LogP contribution in [-0.2, 0) is 5.41 Å². The van der Waals surface area contributed by atoms with E-state index < -0.39 is 12.2 Å². The fourth-order valence-corrected chi connectivity index (χ4v) is 5.25. The van der Waals surface area contributed by atoms with Gasteiger partial charge in [-0.25, -0.2) is 0 Å². The highest BCUT2D eigenvalue weighted by atomic mass is 16.5. The molecule has 2 heterocycles. The Bertz CT molecular complexity index is 905. The van der Waals surface area contributed by atoms with E-state index in [0.29, 0.717) is 26.3 Å². The van der Waals surface area contributed by atoms with Crippen LogP contribution in [0, 0.1) is 0 Å². The first-order valence-electron chi connectivity index (χ1n) is 14.3. The van der Waals surface area contributed by atoms with Crippen molar-refractivity contribution < 1.29 is 19.7 Å². The quantitative estimate of drug-likeness (QED) is 0.424. The Kier molecular flexibility index (Phi) is 10.6. The van der Waals surface area contributed by atoms with Gasteiger partial charge in [0, 0.05) is 70.9 Å². The van der Waals surface area contributed by atoms with Crippen LogP contribution in [0.5, 0.6) is 11.5 Å². The molecule has 2 N–H and O–H groups in total. The molecule has 2 atom stereocenters. The Balaban J connectivity index is 1.22. The molecule has 2 aromatic rings. The number of hydrogen-bond donors (Lipinski definition) is 2. The number of hydrogen-bond acceptors (Lipinski definition) is 8. The molecule has 0 spiro atoms. The third-order valence-electron chi connectivity index (χ3n) is 8.17. The topological polar surface area (TPSA) is 71.9 Å². The van der Waals surface area contributed by atoms with Crippen molar-refractivity contribution in [2.24, 2.45) is 0 Å². The Morgan fingerprint density at radius 2 is 0.949 bits per heavy atom. The first-order chi connectivity index (χ1) is 18.7. The average molecular weight is 541 g/mol. The Hall–Kier alpha value is -2.20. The maximum atomic E-state index is 10.4. The molecule has 216 valence electrons. The molecular formula is C31H48N4O4. The van der Waals surface area contributed by atoms with Gasteiger partial charge in [-0.05, 0) is 49.5 Å². The van der Waals surface area contributed by atoms with Gasteiger partial charge in [0.1, 0.15) is 36.9 Å². The minimum absolute atomic E-state index is 0.196. The molecule has 0 aromatic heterocycles. The lowest BCUT2D eigenvalue weighted by Gasteiger charge is -2.33. The van der Waals surface area contributed by atoms with Gasteiger partial charge >= 0.3 is 0 Å². The summed E-state index contributed by atoms with van der Waals surface area (Å²) in [5, 5.41) is 20.9. The van der Waals surface area contributed by atoms with E-state index in [1.165, 1.54) is 11.1 Å². The summed E-state index contributed by atoms with van der Waals surface area (Å²) >= 11 is 0. The molecule has 8 heteroatoms. The molecule has 0 radical (unpaired) electrons. The second-order valence-corrected chi connectivity index (χ2v) is 11.8. The fraction of sp³-hybridized carbons (Fsp3) is 0.613. The van der Waals surface area contributed by atoms with Crippen LogP contribution in [0.1, 0.15) is 25.0 Å². The number of likely N-dealkylation sites (N-methyl/N-ethyl adjacent to an activating group) is 2. The molecular weight excluding hydrogens is 492 g/mol. The van der Waals surface area contributed by atoms with Crippen molar-refractivity contribution in [3.63, 3.8) is 0 Å². The molecule has 0 bridgehead atoms.